The summed E-state index contributed by atoms with van der Waals surface area (Å²) >= 11 is 5.37. The number of hydrogen-bond acceptors (Lipinski definition) is 4. The van der Waals surface area contributed by atoms with E-state index in [0.717, 1.165) is 28.9 Å². The first-order valence-corrected chi connectivity index (χ1v) is 8.83. The van der Waals surface area contributed by atoms with Gasteiger partial charge in [0.25, 0.3) is 0 Å². The molecule has 0 amide bonds. The molecule has 0 atom stereocenters. The molecule has 26 heavy (non-hydrogen) atoms. The summed E-state index contributed by atoms with van der Waals surface area (Å²) in [5, 5.41) is 8.10. The van der Waals surface area contributed by atoms with Crippen LogP contribution in [0.3, 0.4) is 0 Å². The highest BCUT2D eigenvalue weighted by atomic mass is 32.1. The summed E-state index contributed by atoms with van der Waals surface area (Å²) in [4.78, 5) is 0. The summed E-state index contributed by atoms with van der Waals surface area (Å²) in [6.45, 7) is 6.17. The summed E-state index contributed by atoms with van der Waals surface area (Å²) in [7, 11) is 3.23. The molecule has 0 fully saturated rings. The van der Waals surface area contributed by atoms with Gasteiger partial charge in [-0.2, -0.15) is 5.10 Å². The minimum atomic E-state index is 0.449. The van der Waals surface area contributed by atoms with E-state index in [1.54, 1.807) is 14.2 Å². The molecule has 0 aliphatic rings. The second kappa shape index (κ2) is 9.20. The number of nitrogens with one attached hydrogen (secondary N) is 2. The molecule has 0 aliphatic carbocycles. The molecule has 0 spiro atoms. The predicted octanol–water partition coefficient (Wildman–Crippen LogP) is 4.42. The summed E-state index contributed by atoms with van der Waals surface area (Å²) < 4.78 is 10.6. The van der Waals surface area contributed by atoms with Crippen molar-refractivity contribution in [1.82, 2.24) is 5.43 Å². The van der Waals surface area contributed by atoms with E-state index in [0.29, 0.717) is 16.6 Å². The molecular weight excluding hydrogens is 346 g/mol. The molecule has 138 valence electrons. The molecule has 2 N–H and O–H groups in total. The molecule has 0 unspecified atom stereocenters. The Bertz CT molecular complexity index is 819. The average Bonchev–Trinajstić information content (AvgIpc) is 2.65. The highest BCUT2D eigenvalue weighted by molar-refractivity contribution is 7.80. The number of hydrazone groups is 1. The fraction of sp³-hybridized carbons (Fsp3) is 0.300. The van der Waals surface area contributed by atoms with Crippen LogP contribution in [-0.2, 0) is 0 Å². The SMILES string of the molecule is CC/C(=N\NC(=S)Nc1cccc(C)c1C)c1ccc(OC)c(OC)c1. The Hall–Kier alpha value is -2.60. The molecular formula is C20H25N3O2S. The number of hydrogen-bond donors (Lipinski definition) is 2. The Balaban J connectivity index is 2.14. The van der Waals surface area contributed by atoms with Gasteiger partial charge < -0.3 is 14.8 Å². The van der Waals surface area contributed by atoms with Gasteiger partial charge >= 0.3 is 0 Å². The zero-order valence-electron chi connectivity index (χ0n) is 15.8. The van der Waals surface area contributed by atoms with Crippen molar-refractivity contribution in [3.05, 3.63) is 53.1 Å². The van der Waals surface area contributed by atoms with Crippen molar-refractivity contribution in [2.45, 2.75) is 27.2 Å². The van der Waals surface area contributed by atoms with Crippen LogP contribution in [-0.4, -0.2) is 25.0 Å². The fourth-order valence-electron chi connectivity index (χ4n) is 2.52. The first-order chi connectivity index (χ1) is 12.5. The first-order valence-electron chi connectivity index (χ1n) is 8.42. The van der Waals surface area contributed by atoms with Crippen LogP contribution < -0.4 is 20.2 Å². The van der Waals surface area contributed by atoms with Crippen LogP contribution in [0.5, 0.6) is 11.5 Å². The monoisotopic (exact) mass is 371 g/mol. The van der Waals surface area contributed by atoms with Gasteiger partial charge in [0.2, 0.25) is 0 Å². The maximum absolute atomic E-state index is 5.37. The number of anilines is 1. The number of benzene rings is 2. The molecule has 0 bridgehead atoms. The lowest BCUT2D eigenvalue weighted by molar-refractivity contribution is 0.355. The second-order valence-corrected chi connectivity index (χ2v) is 6.20. The third kappa shape index (κ3) is 4.73. The van der Waals surface area contributed by atoms with Crippen molar-refractivity contribution in [2.75, 3.05) is 19.5 Å². The summed E-state index contributed by atoms with van der Waals surface area (Å²) in [5.74, 6) is 1.36. The van der Waals surface area contributed by atoms with Gasteiger partial charge in [-0.15, -0.1) is 0 Å². The molecule has 2 rings (SSSR count). The van der Waals surface area contributed by atoms with Crippen LogP contribution in [0.15, 0.2) is 41.5 Å². The fourth-order valence-corrected chi connectivity index (χ4v) is 2.67. The predicted molar refractivity (Wildman–Crippen MR) is 112 cm³/mol. The summed E-state index contributed by atoms with van der Waals surface area (Å²) in [6, 6.07) is 11.8. The highest BCUT2D eigenvalue weighted by Gasteiger charge is 2.09. The highest BCUT2D eigenvalue weighted by Crippen LogP contribution is 2.28. The number of thiocarbonyl (C=S) groups is 1. The number of rotatable bonds is 6. The zero-order valence-corrected chi connectivity index (χ0v) is 16.7. The molecule has 0 saturated heterocycles. The van der Waals surface area contributed by atoms with E-state index in [-0.39, 0.29) is 0 Å². The topological polar surface area (TPSA) is 54.9 Å². The van der Waals surface area contributed by atoms with Gasteiger partial charge in [0.05, 0.1) is 19.9 Å². The van der Waals surface area contributed by atoms with E-state index < -0.39 is 0 Å². The van der Waals surface area contributed by atoms with E-state index in [9.17, 15) is 0 Å². The Morgan fingerprint density at radius 2 is 1.81 bits per heavy atom. The molecule has 0 radical (unpaired) electrons. The van der Waals surface area contributed by atoms with Gasteiger partial charge in [-0.25, -0.2) is 0 Å². The standard InChI is InChI=1S/C20H25N3O2S/c1-6-16(15-10-11-18(24-4)19(12-15)25-5)22-23-20(26)21-17-9-7-8-13(2)14(17)3/h7-12H,6H2,1-5H3,(H2,21,23,26)/b22-16+. The molecule has 6 heteroatoms. The lowest BCUT2D eigenvalue weighted by Gasteiger charge is -2.13. The Kier molecular flexibility index (Phi) is 6.97. The Morgan fingerprint density at radius 3 is 2.46 bits per heavy atom. The van der Waals surface area contributed by atoms with Crippen molar-refractivity contribution in [3.8, 4) is 11.5 Å². The normalized spacial score (nSPS) is 11.0. The van der Waals surface area contributed by atoms with E-state index in [4.69, 9.17) is 21.7 Å². The number of methoxy groups -OCH3 is 2. The van der Waals surface area contributed by atoms with Crippen molar-refractivity contribution in [2.24, 2.45) is 5.10 Å². The maximum atomic E-state index is 5.37. The van der Waals surface area contributed by atoms with E-state index >= 15 is 0 Å². The van der Waals surface area contributed by atoms with Crippen LogP contribution in [0.2, 0.25) is 0 Å². The number of aryl methyl sites for hydroxylation is 1. The van der Waals surface area contributed by atoms with Crippen molar-refractivity contribution in [3.63, 3.8) is 0 Å². The molecule has 0 aromatic heterocycles. The third-order valence-electron chi connectivity index (χ3n) is 4.20. The van der Waals surface area contributed by atoms with Gasteiger partial charge in [0, 0.05) is 11.3 Å². The Labute approximate surface area is 160 Å². The maximum Gasteiger partial charge on any atom is 0.191 e. The van der Waals surface area contributed by atoms with E-state index in [2.05, 4.69) is 35.8 Å². The van der Waals surface area contributed by atoms with Crippen LogP contribution in [0.1, 0.15) is 30.0 Å². The molecule has 5 nitrogen and oxygen atoms in total. The molecule has 0 heterocycles. The van der Waals surface area contributed by atoms with Gasteiger partial charge in [0.1, 0.15) is 0 Å². The van der Waals surface area contributed by atoms with Crippen molar-refractivity contribution >= 4 is 28.7 Å². The van der Waals surface area contributed by atoms with Crippen molar-refractivity contribution < 1.29 is 9.47 Å². The van der Waals surface area contributed by atoms with Gasteiger partial charge in [-0.05, 0) is 67.9 Å². The van der Waals surface area contributed by atoms with E-state index in [1.807, 2.05) is 37.3 Å². The first kappa shape index (κ1) is 19.7. The minimum absolute atomic E-state index is 0.449. The lowest BCUT2D eigenvalue weighted by Crippen LogP contribution is -2.25. The minimum Gasteiger partial charge on any atom is -0.493 e. The largest absolute Gasteiger partial charge is 0.493 e. The number of nitrogens with zero attached hydrogens (tertiary/aromatic N) is 1. The van der Waals surface area contributed by atoms with Crippen LogP contribution in [0.25, 0.3) is 0 Å². The molecule has 2 aromatic rings. The number of ether oxygens (including phenoxy) is 2. The molecule has 2 aromatic carbocycles. The van der Waals surface area contributed by atoms with Crippen LogP contribution in [0, 0.1) is 13.8 Å². The average molecular weight is 372 g/mol. The summed E-state index contributed by atoms with van der Waals surface area (Å²) in [5.41, 5.74) is 8.10. The molecule has 0 saturated carbocycles. The second-order valence-electron chi connectivity index (χ2n) is 5.80. The van der Waals surface area contributed by atoms with Gasteiger partial charge in [-0.3, -0.25) is 5.43 Å². The molecule has 0 aliphatic heterocycles. The van der Waals surface area contributed by atoms with Crippen LogP contribution >= 0.6 is 12.2 Å². The Morgan fingerprint density at radius 1 is 1.08 bits per heavy atom. The lowest BCUT2D eigenvalue weighted by atomic mass is 10.1. The zero-order chi connectivity index (χ0) is 19.1. The smallest absolute Gasteiger partial charge is 0.191 e. The summed E-state index contributed by atoms with van der Waals surface area (Å²) in [6.07, 6.45) is 0.745. The van der Waals surface area contributed by atoms with E-state index in [1.165, 1.54) is 5.56 Å². The van der Waals surface area contributed by atoms with Gasteiger partial charge in [0.15, 0.2) is 16.6 Å². The van der Waals surface area contributed by atoms with Gasteiger partial charge in [-0.1, -0.05) is 19.1 Å². The van der Waals surface area contributed by atoms with Crippen molar-refractivity contribution in [1.29, 1.82) is 0 Å². The third-order valence-corrected chi connectivity index (χ3v) is 4.39. The quantitative estimate of drug-likeness (QED) is 0.447. The van der Waals surface area contributed by atoms with Crippen LogP contribution in [0.4, 0.5) is 5.69 Å².